The third-order valence-corrected chi connectivity index (χ3v) is 6.71. The summed E-state index contributed by atoms with van der Waals surface area (Å²) in [7, 11) is 0. The molecule has 1 fully saturated rings. The van der Waals surface area contributed by atoms with Crippen LogP contribution >= 0.6 is 0 Å². The molecule has 1 unspecified atom stereocenters. The van der Waals surface area contributed by atoms with Crippen molar-refractivity contribution in [3.05, 3.63) is 54.1 Å². The molecule has 1 aliphatic rings. The van der Waals surface area contributed by atoms with Gasteiger partial charge in [0.2, 0.25) is 0 Å². The van der Waals surface area contributed by atoms with Gasteiger partial charge in [-0.2, -0.15) is 0 Å². The van der Waals surface area contributed by atoms with Gasteiger partial charge < -0.3 is 4.74 Å². The Balaban J connectivity index is 1.80. The van der Waals surface area contributed by atoms with Crippen molar-refractivity contribution in [2.45, 2.75) is 71.1 Å². The number of hydrogen-bond donors (Lipinski definition) is 0. The number of carbonyl (C=O) groups is 1. The van der Waals surface area contributed by atoms with Gasteiger partial charge in [-0.05, 0) is 67.6 Å². The lowest BCUT2D eigenvalue weighted by molar-refractivity contribution is -0.190. The highest BCUT2D eigenvalue weighted by atomic mass is 19.3. The van der Waals surface area contributed by atoms with E-state index in [-0.39, 0.29) is 5.92 Å². The van der Waals surface area contributed by atoms with Crippen molar-refractivity contribution in [2.75, 3.05) is 6.61 Å². The molecule has 0 spiro atoms. The third kappa shape index (κ3) is 6.09. The van der Waals surface area contributed by atoms with Crippen LogP contribution in [0.1, 0.15) is 76.7 Å². The SMILES string of the molecule is CCCCCOc1cc(C(CC)C2CCC(C(=O)OF)CC2)ccc1-c1ccccc1. The Morgan fingerprint density at radius 3 is 2.42 bits per heavy atom. The summed E-state index contributed by atoms with van der Waals surface area (Å²) in [6, 6.07) is 17.0. The highest BCUT2D eigenvalue weighted by Crippen LogP contribution is 2.42. The molecule has 0 N–H and O–H groups in total. The molecular formula is C27H35FO3. The van der Waals surface area contributed by atoms with Gasteiger partial charge >= 0.3 is 5.97 Å². The van der Waals surface area contributed by atoms with Crippen LogP contribution in [0.25, 0.3) is 11.1 Å². The van der Waals surface area contributed by atoms with E-state index in [1.165, 1.54) is 18.4 Å². The number of ether oxygens (including phenoxy) is 1. The van der Waals surface area contributed by atoms with E-state index in [1.807, 2.05) is 6.07 Å². The molecule has 0 aromatic heterocycles. The molecule has 3 rings (SSSR count). The van der Waals surface area contributed by atoms with E-state index in [4.69, 9.17) is 4.74 Å². The van der Waals surface area contributed by atoms with Gasteiger partial charge in [-0.15, -0.1) is 0 Å². The van der Waals surface area contributed by atoms with Crippen LogP contribution in [-0.4, -0.2) is 12.6 Å². The molecule has 31 heavy (non-hydrogen) atoms. The lowest BCUT2D eigenvalue weighted by atomic mass is 9.72. The molecule has 1 atom stereocenters. The van der Waals surface area contributed by atoms with Crippen LogP contribution in [0.4, 0.5) is 4.53 Å². The molecule has 0 amide bonds. The number of halogens is 1. The zero-order valence-electron chi connectivity index (χ0n) is 18.8. The van der Waals surface area contributed by atoms with Gasteiger partial charge in [0.05, 0.1) is 12.5 Å². The van der Waals surface area contributed by atoms with Gasteiger partial charge in [0.25, 0.3) is 0 Å². The van der Waals surface area contributed by atoms with Gasteiger partial charge in [-0.1, -0.05) is 69.2 Å². The van der Waals surface area contributed by atoms with Crippen molar-refractivity contribution in [3.8, 4) is 16.9 Å². The first-order valence-corrected chi connectivity index (χ1v) is 11.8. The molecule has 2 aromatic carbocycles. The minimum absolute atomic E-state index is 0.295. The summed E-state index contributed by atoms with van der Waals surface area (Å²) < 4.78 is 18.5. The van der Waals surface area contributed by atoms with Crippen LogP contribution in [0, 0.1) is 11.8 Å². The number of benzene rings is 2. The number of carbonyl (C=O) groups excluding carboxylic acids is 1. The largest absolute Gasteiger partial charge is 0.493 e. The van der Waals surface area contributed by atoms with E-state index in [1.54, 1.807) is 0 Å². The standard InChI is InChI=1S/C27H35FO3/c1-3-5-9-18-30-26-19-23(16-17-25(26)20-10-7-6-8-11-20)24(4-2)21-12-14-22(15-13-21)27(29)31-28/h6-8,10-11,16-17,19,21-22,24H,3-5,9,12-15,18H2,1-2H3. The van der Waals surface area contributed by atoms with Gasteiger partial charge in [0.1, 0.15) is 5.75 Å². The molecular weight excluding hydrogens is 391 g/mol. The number of rotatable bonds is 10. The Kier molecular flexibility index (Phi) is 8.93. The maximum absolute atomic E-state index is 12.3. The van der Waals surface area contributed by atoms with Crippen LogP contribution < -0.4 is 4.74 Å². The first-order chi connectivity index (χ1) is 15.2. The zero-order valence-corrected chi connectivity index (χ0v) is 18.8. The Labute approximate surface area is 185 Å². The summed E-state index contributed by atoms with van der Waals surface area (Å²) in [5, 5.41) is 0. The van der Waals surface area contributed by atoms with E-state index in [0.29, 0.717) is 24.7 Å². The molecule has 168 valence electrons. The zero-order chi connectivity index (χ0) is 22.1. The Bertz CT molecular complexity index is 812. The lowest BCUT2D eigenvalue weighted by Crippen LogP contribution is -2.25. The second-order valence-electron chi connectivity index (χ2n) is 8.70. The van der Waals surface area contributed by atoms with E-state index >= 15 is 0 Å². The summed E-state index contributed by atoms with van der Waals surface area (Å²) in [4.78, 5) is 15.0. The number of hydrogen-bond acceptors (Lipinski definition) is 3. The topological polar surface area (TPSA) is 35.5 Å². The van der Waals surface area contributed by atoms with Crippen molar-refractivity contribution in [3.63, 3.8) is 0 Å². The maximum atomic E-state index is 12.3. The summed E-state index contributed by atoms with van der Waals surface area (Å²) in [5.41, 5.74) is 3.59. The fraction of sp³-hybridized carbons (Fsp3) is 0.519. The first kappa shape index (κ1) is 23.3. The fourth-order valence-corrected chi connectivity index (χ4v) is 4.94. The van der Waals surface area contributed by atoms with E-state index < -0.39 is 5.97 Å². The Morgan fingerprint density at radius 1 is 1.03 bits per heavy atom. The highest BCUT2D eigenvalue weighted by Gasteiger charge is 2.32. The van der Waals surface area contributed by atoms with Crippen molar-refractivity contribution in [1.29, 1.82) is 0 Å². The van der Waals surface area contributed by atoms with Crippen LogP contribution in [0.2, 0.25) is 0 Å². The molecule has 4 heteroatoms. The molecule has 0 aliphatic heterocycles. The molecule has 0 bridgehead atoms. The minimum Gasteiger partial charge on any atom is -0.493 e. The van der Waals surface area contributed by atoms with Crippen LogP contribution in [0.5, 0.6) is 5.75 Å². The third-order valence-electron chi connectivity index (χ3n) is 6.71. The Morgan fingerprint density at radius 2 is 1.77 bits per heavy atom. The monoisotopic (exact) mass is 426 g/mol. The lowest BCUT2D eigenvalue weighted by Gasteiger charge is -2.32. The van der Waals surface area contributed by atoms with Crippen molar-refractivity contribution < 1.29 is 19.0 Å². The summed E-state index contributed by atoms with van der Waals surface area (Å²) >= 11 is 0. The molecule has 1 saturated carbocycles. The van der Waals surface area contributed by atoms with Crippen LogP contribution in [0.15, 0.2) is 48.5 Å². The van der Waals surface area contributed by atoms with Gasteiger partial charge in [0, 0.05) is 10.1 Å². The molecule has 0 heterocycles. The molecule has 0 saturated heterocycles. The fourth-order valence-electron chi connectivity index (χ4n) is 4.94. The predicted molar refractivity (Wildman–Crippen MR) is 123 cm³/mol. The first-order valence-electron chi connectivity index (χ1n) is 11.8. The number of unbranched alkanes of at least 4 members (excludes halogenated alkanes) is 2. The minimum atomic E-state index is -0.707. The summed E-state index contributed by atoms with van der Waals surface area (Å²) in [5.74, 6) is 0.848. The summed E-state index contributed by atoms with van der Waals surface area (Å²) in [6.07, 6.45) is 7.67. The van der Waals surface area contributed by atoms with Crippen molar-refractivity contribution >= 4 is 5.97 Å². The average molecular weight is 427 g/mol. The average Bonchev–Trinajstić information content (AvgIpc) is 2.83. The smallest absolute Gasteiger partial charge is 0.351 e. The van der Waals surface area contributed by atoms with Crippen molar-refractivity contribution in [2.24, 2.45) is 11.8 Å². The van der Waals surface area contributed by atoms with Gasteiger partial charge in [0.15, 0.2) is 0 Å². The van der Waals surface area contributed by atoms with Gasteiger partial charge in [-0.25, -0.2) is 4.79 Å². The molecule has 3 nitrogen and oxygen atoms in total. The summed E-state index contributed by atoms with van der Waals surface area (Å²) in [6.45, 7) is 5.15. The second-order valence-corrected chi connectivity index (χ2v) is 8.70. The predicted octanol–water partition coefficient (Wildman–Crippen LogP) is 7.65. The quantitative estimate of drug-likeness (QED) is 0.366. The molecule has 0 radical (unpaired) electrons. The van der Waals surface area contributed by atoms with E-state index in [2.05, 4.69) is 61.3 Å². The van der Waals surface area contributed by atoms with Crippen molar-refractivity contribution in [1.82, 2.24) is 0 Å². The maximum Gasteiger partial charge on any atom is 0.351 e. The van der Waals surface area contributed by atoms with E-state index in [0.717, 1.165) is 49.2 Å². The van der Waals surface area contributed by atoms with Crippen LogP contribution in [-0.2, 0) is 9.74 Å². The van der Waals surface area contributed by atoms with Gasteiger partial charge in [-0.3, -0.25) is 4.94 Å². The molecule has 1 aliphatic carbocycles. The normalized spacial score (nSPS) is 19.6. The second kappa shape index (κ2) is 11.9. The molecule has 2 aromatic rings. The Hall–Kier alpha value is -2.36. The van der Waals surface area contributed by atoms with Crippen LogP contribution in [0.3, 0.4) is 0 Å². The van der Waals surface area contributed by atoms with E-state index in [9.17, 15) is 9.32 Å². The highest BCUT2D eigenvalue weighted by molar-refractivity contribution is 5.72.